The van der Waals surface area contributed by atoms with E-state index in [0.717, 1.165) is 27.5 Å². The number of phenols is 1. The molecule has 0 aromatic heterocycles. The molecule has 0 spiro atoms. The predicted octanol–water partition coefficient (Wildman–Crippen LogP) is 5.32. The summed E-state index contributed by atoms with van der Waals surface area (Å²) in [5.74, 6) is -1.39. The van der Waals surface area contributed by atoms with E-state index >= 15 is 0 Å². The number of amides is 1. The summed E-state index contributed by atoms with van der Waals surface area (Å²) in [6, 6.07) is 17.0. The Bertz CT molecular complexity index is 1560. The number of hydrogen-bond acceptors (Lipinski definition) is 4. The van der Waals surface area contributed by atoms with Crippen molar-refractivity contribution in [2.45, 2.75) is 39.2 Å². The second-order valence-electron chi connectivity index (χ2n) is 9.38. The average Bonchev–Trinajstić information content (AvgIpc) is 3.33. The van der Waals surface area contributed by atoms with Gasteiger partial charge >= 0.3 is 5.97 Å². The second kappa shape index (κ2) is 11.2. The van der Waals surface area contributed by atoms with Gasteiger partial charge in [0, 0.05) is 28.5 Å². The molecule has 0 radical (unpaired) electrons. The highest BCUT2D eigenvalue weighted by atomic mass is 79.9. The van der Waals surface area contributed by atoms with E-state index in [1.807, 2.05) is 67.6 Å². The molecule has 3 aromatic rings. The third-order valence-electron chi connectivity index (χ3n) is 6.72. The fourth-order valence-electron chi connectivity index (χ4n) is 4.71. The summed E-state index contributed by atoms with van der Waals surface area (Å²) in [4.78, 5) is 24.4. The Morgan fingerprint density at radius 3 is 2.34 bits per heavy atom. The number of carboxylic acids is 1. The number of carbonyl (C=O) groups is 2. The molecule has 0 bridgehead atoms. The van der Waals surface area contributed by atoms with Crippen molar-refractivity contribution in [1.82, 2.24) is 5.01 Å². The highest BCUT2D eigenvalue weighted by molar-refractivity contribution is 9.12. The van der Waals surface area contributed by atoms with Crippen LogP contribution in [0.3, 0.4) is 0 Å². The van der Waals surface area contributed by atoms with E-state index in [2.05, 4.69) is 29.1 Å². The predicted molar refractivity (Wildman–Crippen MR) is 154 cm³/mol. The van der Waals surface area contributed by atoms with Crippen molar-refractivity contribution in [3.8, 4) is 16.9 Å². The van der Waals surface area contributed by atoms with Gasteiger partial charge in [0.05, 0.1) is 18.2 Å². The summed E-state index contributed by atoms with van der Waals surface area (Å²) in [7, 11) is 0. The number of phenolic OH excluding ortho intramolecular Hbond substituents is 1. The van der Waals surface area contributed by atoms with Gasteiger partial charge in [-0.3, -0.25) is 9.59 Å². The highest BCUT2D eigenvalue weighted by Gasteiger charge is 2.35. The lowest BCUT2D eigenvalue weighted by atomic mass is 9.88. The molecule has 1 heterocycles. The van der Waals surface area contributed by atoms with Crippen molar-refractivity contribution in [2.24, 2.45) is 5.10 Å². The summed E-state index contributed by atoms with van der Waals surface area (Å²) in [5, 5.41) is 28.2. The molecule has 38 heavy (non-hydrogen) atoms. The van der Waals surface area contributed by atoms with E-state index in [1.54, 1.807) is 6.92 Å². The first-order valence-electron chi connectivity index (χ1n) is 12.2. The van der Waals surface area contributed by atoms with Gasteiger partial charge in [-0.15, -0.1) is 0 Å². The van der Waals surface area contributed by atoms with Crippen molar-refractivity contribution in [2.75, 3.05) is 0 Å². The lowest BCUT2D eigenvalue weighted by Gasteiger charge is -2.22. The monoisotopic (exact) mass is 572 g/mol. The number of hydrazone groups is 1. The standard InChI is InChI=1S/C31H29BrN2O4/c1-18-10-12-22(13-11-18)26-17-25(33-34(26)27(35)14-15-28(36)37)30-29(23-8-6-5-7-9-23)24(16-19(2)32)20(3)21(4)31(30)38/h5-13,16,26,38H,2-3,14-15,17H2,1,4H3,(H,36,37)/b24-16+. The molecule has 3 aromatic carbocycles. The van der Waals surface area contributed by atoms with Gasteiger partial charge in [-0.25, -0.2) is 5.01 Å². The largest absolute Gasteiger partial charge is 0.507 e. The third kappa shape index (κ3) is 5.48. The number of carboxylic acid groups (broad SMARTS) is 1. The van der Waals surface area contributed by atoms with Crippen LogP contribution in [0.1, 0.15) is 47.6 Å². The van der Waals surface area contributed by atoms with Crippen LogP contribution in [0.4, 0.5) is 0 Å². The van der Waals surface area contributed by atoms with E-state index in [0.29, 0.717) is 33.0 Å². The minimum Gasteiger partial charge on any atom is -0.507 e. The lowest BCUT2D eigenvalue weighted by molar-refractivity contribution is -0.141. The van der Waals surface area contributed by atoms with Crippen LogP contribution < -0.4 is 10.4 Å². The average molecular weight is 573 g/mol. The van der Waals surface area contributed by atoms with Crippen molar-refractivity contribution < 1.29 is 19.8 Å². The number of carbonyl (C=O) groups excluding carboxylic acids is 1. The Labute approximate surface area is 230 Å². The Morgan fingerprint density at radius 1 is 1.08 bits per heavy atom. The van der Waals surface area contributed by atoms with Gasteiger partial charge in [0.1, 0.15) is 5.75 Å². The van der Waals surface area contributed by atoms with Crippen LogP contribution in [0.5, 0.6) is 5.75 Å². The summed E-state index contributed by atoms with van der Waals surface area (Å²) in [6.45, 7) is 12.0. The van der Waals surface area contributed by atoms with Gasteiger partial charge < -0.3 is 10.2 Å². The summed E-state index contributed by atoms with van der Waals surface area (Å²) in [5.41, 5.74) is 5.21. The highest BCUT2D eigenvalue weighted by Crippen LogP contribution is 2.38. The summed E-state index contributed by atoms with van der Waals surface area (Å²) in [6.07, 6.45) is 1.75. The molecule has 1 atom stereocenters. The molecular formula is C31H29BrN2O4. The van der Waals surface area contributed by atoms with Crippen LogP contribution in [0.15, 0.2) is 70.8 Å². The fourth-order valence-corrected chi connectivity index (χ4v) is 4.93. The maximum atomic E-state index is 13.2. The van der Waals surface area contributed by atoms with Crippen LogP contribution in [0.25, 0.3) is 23.8 Å². The maximum Gasteiger partial charge on any atom is 0.303 e. The van der Waals surface area contributed by atoms with Crippen molar-refractivity contribution in [3.63, 3.8) is 0 Å². The quantitative estimate of drug-likeness (QED) is 0.401. The number of allylic oxidation sites excluding steroid dienone is 1. The van der Waals surface area contributed by atoms with E-state index < -0.39 is 12.0 Å². The van der Waals surface area contributed by atoms with Crippen LogP contribution in [0, 0.1) is 13.8 Å². The maximum absolute atomic E-state index is 13.2. The van der Waals surface area contributed by atoms with Gasteiger partial charge in [-0.1, -0.05) is 89.2 Å². The number of aryl methyl sites for hydroxylation is 1. The summed E-state index contributed by atoms with van der Waals surface area (Å²) >= 11 is 3.44. The van der Waals surface area contributed by atoms with Gasteiger partial charge in [-0.2, -0.15) is 5.10 Å². The first-order chi connectivity index (χ1) is 18.1. The number of aromatic hydroxyl groups is 1. The Kier molecular flexibility index (Phi) is 7.97. The number of hydrogen-bond donors (Lipinski definition) is 2. The second-order valence-corrected chi connectivity index (χ2v) is 10.4. The molecule has 194 valence electrons. The summed E-state index contributed by atoms with van der Waals surface area (Å²) < 4.78 is 0.645. The van der Waals surface area contributed by atoms with E-state index in [9.17, 15) is 14.7 Å². The molecule has 0 saturated heterocycles. The zero-order chi connectivity index (χ0) is 27.6. The number of benzene rings is 3. The molecule has 0 aliphatic carbocycles. The normalized spacial score (nSPS) is 15.4. The Hall–Kier alpha value is -3.97. The smallest absolute Gasteiger partial charge is 0.303 e. The molecule has 0 saturated carbocycles. The first-order valence-corrected chi connectivity index (χ1v) is 13.0. The van der Waals surface area contributed by atoms with Gasteiger partial charge in [-0.05, 0) is 47.1 Å². The van der Waals surface area contributed by atoms with E-state index in [1.165, 1.54) is 5.01 Å². The van der Waals surface area contributed by atoms with Crippen LogP contribution in [0.2, 0.25) is 0 Å². The van der Waals surface area contributed by atoms with Crippen molar-refractivity contribution >= 4 is 46.2 Å². The first kappa shape index (κ1) is 27.1. The topological polar surface area (TPSA) is 90.2 Å². The fraction of sp³-hybridized carbons (Fsp3) is 0.194. The van der Waals surface area contributed by atoms with Crippen LogP contribution in [-0.2, 0) is 9.59 Å². The van der Waals surface area contributed by atoms with Gasteiger partial charge in [0.15, 0.2) is 0 Å². The molecule has 1 aliphatic heterocycles. The molecule has 1 unspecified atom stereocenters. The molecule has 1 aliphatic rings. The molecule has 7 heteroatoms. The third-order valence-corrected chi connectivity index (χ3v) is 6.95. The van der Waals surface area contributed by atoms with Crippen LogP contribution >= 0.6 is 15.9 Å². The molecule has 0 fully saturated rings. The van der Waals surface area contributed by atoms with Crippen molar-refractivity contribution in [3.05, 3.63) is 98.3 Å². The lowest BCUT2D eigenvalue weighted by Crippen LogP contribution is -2.31. The molecule has 2 N–H and O–H groups in total. The van der Waals surface area contributed by atoms with Gasteiger partial charge in [0.2, 0.25) is 5.91 Å². The van der Waals surface area contributed by atoms with E-state index in [4.69, 9.17) is 10.2 Å². The van der Waals surface area contributed by atoms with Crippen LogP contribution in [-0.4, -0.2) is 32.8 Å². The van der Waals surface area contributed by atoms with E-state index in [-0.39, 0.29) is 24.5 Å². The zero-order valence-electron chi connectivity index (χ0n) is 21.4. The molecular weight excluding hydrogens is 544 g/mol. The molecule has 6 nitrogen and oxygen atoms in total. The Balaban J connectivity index is 1.97. The molecule has 1 amide bonds. The SMILES string of the molecule is C=C(Br)/C=c1/c(-c2ccccc2)c(C2=NN(C(=O)CCC(=O)O)C(c3ccc(C)cc3)C2)c(O)c(C)c1=C. The number of halogens is 1. The zero-order valence-corrected chi connectivity index (χ0v) is 23.0. The number of aliphatic carboxylic acids is 1. The Morgan fingerprint density at radius 2 is 1.74 bits per heavy atom. The minimum atomic E-state index is -1.05. The molecule has 4 rings (SSSR count). The van der Waals surface area contributed by atoms with Crippen molar-refractivity contribution in [1.29, 1.82) is 0 Å². The van der Waals surface area contributed by atoms with Gasteiger partial charge in [0.25, 0.3) is 0 Å². The number of rotatable bonds is 7. The minimum absolute atomic E-state index is 0.0485. The number of nitrogens with zero attached hydrogens (tertiary/aromatic N) is 2.